The molecule has 8 heteroatoms. The van der Waals surface area contributed by atoms with Crippen molar-refractivity contribution in [3.63, 3.8) is 0 Å². The Bertz CT molecular complexity index is 879. The van der Waals surface area contributed by atoms with Gasteiger partial charge in [0.2, 0.25) is 0 Å². The molecule has 2 aromatic carbocycles. The van der Waals surface area contributed by atoms with E-state index in [1.54, 1.807) is 30.3 Å². The number of anilines is 1. The normalized spacial score (nSPS) is 10.0. The summed E-state index contributed by atoms with van der Waals surface area (Å²) in [5.74, 6) is -0.270. The van der Waals surface area contributed by atoms with Crippen molar-refractivity contribution >= 4 is 23.5 Å². The van der Waals surface area contributed by atoms with E-state index >= 15 is 0 Å². The molecule has 0 heterocycles. The molecular weight excluding hydrogens is 366 g/mol. The molecule has 0 saturated carbocycles. The van der Waals surface area contributed by atoms with E-state index in [1.165, 1.54) is 45.4 Å². The minimum absolute atomic E-state index is 0.135. The molecule has 0 radical (unpaired) electrons. The third kappa shape index (κ3) is 4.59. The Morgan fingerprint density at radius 3 is 2.25 bits per heavy atom. The van der Waals surface area contributed by atoms with Gasteiger partial charge in [0.05, 0.1) is 32.6 Å². The Hall–Kier alpha value is -3.55. The summed E-state index contributed by atoms with van der Waals surface area (Å²) in [7, 11) is 5.65. The smallest absolute Gasteiger partial charge is 0.413 e. The Kier molecular flexibility index (Phi) is 6.97. The Morgan fingerprint density at radius 2 is 1.61 bits per heavy atom. The van der Waals surface area contributed by atoms with Gasteiger partial charge in [-0.25, -0.2) is 9.59 Å². The number of carbonyl (C=O) groups excluding carboxylic acids is 3. The van der Waals surface area contributed by atoms with E-state index in [0.717, 1.165) is 0 Å². The second-order valence-electron chi connectivity index (χ2n) is 5.62. The fourth-order valence-corrected chi connectivity index (χ4v) is 2.48. The Labute approximate surface area is 162 Å². The SMILES string of the molecule is COC(=O)N(C)c1ccccc1C(=O)OCC(=O)c1ccc(OC)c(OC)c1. The molecule has 2 rings (SSSR count). The molecule has 0 unspecified atom stereocenters. The van der Waals surface area contributed by atoms with Crippen LogP contribution in [0.4, 0.5) is 10.5 Å². The maximum absolute atomic E-state index is 12.4. The topological polar surface area (TPSA) is 91.4 Å². The predicted molar refractivity (Wildman–Crippen MR) is 101 cm³/mol. The molecule has 0 fully saturated rings. The van der Waals surface area contributed by atoms with Crippen LogP contribution in [0.1, 0.15) is 20.7 Å². The van der Waals surface area contributed by atoms with Gasteiger partial charge in [-0.3, -0.25) is 9.69 Å². The Morgan fingerprint density at radius 1 is 0.929 bits per heavy atom. The van der Waals surface area contributed by atoms with E-state index in [9.17, 15) is 14.4 Å². The molecule has 28 heavy (non-hydrogen) atoms. The first kappa shape index (κ1) is 20.8. The molecule has 0 aromatic heterocycles. The van der Waals surface area contributed by atoms with E-state index in [1.807, 2.05) is 0 Å². The minimum Gasteiger partial charge on any atom is -0.493 e. The molecule has 148 valence electrons. The van der Waals surface area contributed by atoms with Crippen LogP contribution in [0.25, 0.3) is 0 Å². The highest BCUT2D eigenvalue weighted by atomic mass is 16.5. The van der Waals surface area contributed by atoms with Gasteiger partial charge in [0.1, 0.15) is 0 Å². The number of amides is 1. The van der Waals surface area contributed by atoms with Crippen molar-refractivity contribution in [1.82, 2.24) is 0 Å². The summed E-state index contributed by atoms with van der Waals surface area (Å²) in [6.07, 6.45) is -0.637. The second kappa shape index (κ2) is 9.40. The fraction of sp³-hybridized carbons (Fsp3) is 0.250. The van der Waals surface area contributed by atoms with Crippen molar-refractivity contribution in [2.45, 2.75) is 0 Å². The summed E-state index contributed by atoms with van der Waals surface area (Å²) in [6, 6.07) is 11.0. The van der Waals surface area contributed by atoms with E-state index in [2.05, 4.69) is 4.74 Å². The van der Waals surface area contributed by atoms with Gasteiger partial charge in [-0.2, -0.15) is 0 Å². The molecular formula is C20H21NO7. The molecule has 0 spiro atoms. The van der Waals surface area contributed by atoms with Crippen molar-refractivity contribution in [3.05, 3.63) is 53.6 Å². The molecule has 0 aliphatic rings. The summed E-state index contributed by atoms with van der Waals surface area (Å²) in [6.45, 7) is -0.468. The van der Waals surface area contributed by atoms with Gasteiger partial charge in [-0.1, -0.05) is 12.1 Å². The first-order chi connectivity index (χ1) is 13.4. The van der Waals surface area contributed by atoms with Gasteiger partial charge >= 0.3 is 12.1 Å². The van der Waals surface area contributed by atoms with Crippen LogP contribution in [0.15, 0.2) is 42.5 Å². The van der Waals surface area contributed by atoms with Crippen LogP contribution in [0.3, 0.4) is 0 Å². The molecule has 0 atom stereocenters. The number of nitrogens with zero attached hydrogens (tertiary/aromatic N) is 1. The van der Waals surface area contributed by atoms with Crippen LogP contribution in [-0.2, 0) is 9.47 Å². The average molecular weight is 387 g/mol. The highest BCUT2D eigenvalue weighted by Gasteiger charge is 2.21. The lowest BCUT2D eigenvalue weighted by atomic mass is 10.1. The van der Waals surface area contributed by atoms with Crippen LogP contribution in [-0.4, -0.2) is 52.8 Å². The standard InChI is InChI=1S/C20H21NO7/c1-21(20(24)27-4)15-8-6-5-7-14(15)19(23)28-12-16(22)13-9-10-17(25-2)18(11-13)26-3/h5-11H,12H2,1-4H3. The number of esters is 1. The number of hydrogen-bond donors (Lipinski definition) is 0. The average Bonchev–Trinajstić information content (AvgIpc) is 2.75. The third-order valence-electron chi connectivity index (χ3n) is 3.97. The quantitative estimate of drug-likeness (QED) is 0.533. The van der Waals surface area contributed by atoms with Crippen molar-refractivity contribution in [2.24, 2.45) is 0 Å². The van der Waals surface area contributed by atoms with Crippen LogP contribution >= 0.6 is 0 Å². The molecule has 2 aromatic rings. The molecule has 0 N–H and O–H groups in total. The monoisotopic (exact) mass is 387 g/mol. The highest BCUT2D eigenvalue weighted by molar-refractivity contribution is 6.03. The number of methoxy groups -OCH3 is 3. The molecule has 0 bridgehead atoms. The summed E-state index contributed by atoms with van der Waals surface area (Å²) < 4.78 is 20.1. The number of ketones is 1. The molecule has 0 aliphatic heterocycles. The first-order valence-corrected chi connectivity index (χ1v) is 8.26. The number of benzene rings is 2. The van der Waals surface area contributed by atoms with Crippen LogP contribution in [0.2, 0.25) is 0 Å². The second-order valence-corrected chi connectivity index (χ2v) is 5.62. The van der Waals surface area contributed by atoms with Crippen molar-refractivity contribution in [2.75, 3.05) is 39.9 Å². The summed E-state index contributed by atoms with van der Waals surface area (Å²) in [4.78, 5) is 37.7. The first-order valence-electron chi connectivity index (χ1n) is 8.26. The largest absolute Gasteiger partial charge is 0.493 e. The molecule has 8 nitrogen and oxygen atoms in total. The van der Waals surface area contributed by atoms with E-state index < -0.39 is 24.5 Å². The molecule has 1 amide bonds. The fourth-order valence-electron chi connectivity index (χ4n) is 2.48. The molecule has 0 aliphatic carbocycles. The minimum atomic E-state index is -0.736. The zero-order chi connectivity index (χ0) is 20.7. The van der Waals surface area contributed by atoms with Gasteiger partial charge in [0, 0.05) is 12.6 Å². The number of rotatable bonds is 7. The number of ether oxygens (including phenoxy) is 4. The third-order valence-corrected chi connectivity index (χ3v) is 3.97. The van der Waals surface area contributed by atoms with Gasteiger partial charge in [0.25, 0.3) is 0 Å². The van der Waals surface area contributed by atoms with Gasteiger partial charge in [-0.05, 0) is 30.3 Å². The zero-order valence-corrected chi connectivity index (χ0v) is 16.1. The van der Waals surface area contributed by atoms with Crippen molar-refractivity contribution < 1.29 is 33.3 Å². The van der Waals surface area contributed by atoms with Crippen LogP contribution < -0.4 is 14.4 Å². The van der Waals surface area contributed by atoms with Crippen LogP contribution in [0.5, 0.6) is 11.5 Å². The van der Waals surface area contributed by atoms with Crippen molar-refractivity contribution in [1.29, 1.82) is 0 Å². The lowest BCUT2D eigenvalue weighted by Crippen LogP contribution is -2.28. The Balaban J connectivity index is 2.12. The summed E-state index contributed by atoms with van der Waals surface area (Å²) in [5.41, 5.74) is 0.749. The molecule has 0 saturated heterocycles. The zero-order valence-electron chi connectivity index (χ0n) is 16.1. The summed E-state index contributed by atoms with van der Waals surface area (Å²) >= 11 is 0. The van der Waals surface area contributed by atoms with Crippen molar-refractivity contribution in [3.8, 4) is 11.5 Å². The van der Waals surface area contributed by atoms with E-state index in [0.29, 0.717) is 22.7 Å². The maximum atomic E-state index is 12.4. The maximum Gasteiger partial charge on any atom is 0.413 e. The van der Waals surface area contributed by atoms with Gasteiger partial charge < -0.3 is 18.9 Å². The lowest BCUT2D eigenvalue weighted by Gasteiger charge is -2.18. The number of hydrogen-bond acceptors (Lipinski definition) is 7. The predicted octanol–water partition coefficient (Wildman–Crippen LogP) is 2.95. The summed E-state index contributed by atoms with van der Waals surface area (Å²) in [5, 5.41) is 0. The lowest BCUT2D eigenvalue weighted by molar-refractivity contribution is 0.0475. The van der Waals surface area contributed by atoms with E-state index in [4.69, 9.17) is 14.2 Å². The highest BCUT2D eigenvalue weighted by Crippen LogP contribution is 2.28. The number of carbonyl (C=O) groups is 3. The van der Waals surface area contributed by atoms with Gasteiger partial charge in [0.15, 0.2) is 23.9 Å². The van der Waals surface area contributed by atoms with Crippen LogP contribution in [0, 0.1) is 0 Å². The number of para-hydroxylation sites is 1. The van der Waals surface area contributed by atoms with E-state index in [-0.39, 0.29) is 5.56 Å². The number of Topliss-reactive ketones (excluding diaryl/α,β-unsaturated/α-hetero) is 1. The van der Waals surface area contributed by atoms with Gasteiger partial charge in [-0.15, -0.1) is 0 Å².